The number of aromatic nitrogens is 2. The Morgan fingerprint density at radius 3 is 2.68 bits per heavy atom. The van der Waals surface area contributed by atoms with Gasteiger partial charge in [0.2, 0.25) is 0 Å². The van der Waals surface area contributed by atoms with Gasteiger partial charge in [-0.05, 0) is 31.2 Å². The van der Waals surface area contributed by atoms with Gasteiger partial charge in [-0.25, -0.2) is 9.97 Å². The van der Waals surface area contributed by atoms with E-state index in [1.54, 1.807) is 17.8 Å². The summed E-state index contributed by atoms with van der Waals surface area (Å²) in [7, 11) is 0. The average molecular weight is 340 g/mol. The molecule has 0 saturated heterocycles. The minimum atomic E-state index is 0.384. The molecule has 6 heteroatoms. The fourth-order valence-electron chi connectivity index (χ4n) is 1.43. The van der Waals surface area contributed by atoms with Gasteiger partial charge in [-0.15, -0.1) is 0 Å². The molecule has 0 radical (unpaired) electrons. The van der Waals surface area contributed by atoms with Gasteiger partial charge < -0.3 is 10.5 Å². The van der Waals surface area contributed by atoms with Crippen molar-refractivity contribution in [2.24, 2.45) is 0 Å². The molecule has 0 aliphatic heterocycles. The van der Waals surface area contributed by atoms with E-state index in [4.69, 9.17) is 10.5 Å². The maximum absolute atomic E-state index is 5.78. The molecule has 4 nitrogen and oxygen atoms in total. The first-order chi connectivity index (χ1) is 9.17. The van der Waals surface area contributed by atoms with Gasteiger partial charge >= 0.3 is 0 Å². The van der Waals surface area contributed by atoms with Crippen LogP contribution in [0.25, 0.3) is 0 Å². The molecule has 1 aromatic heterocycles. The lowest BCUT2D eigenvalue weighted by molar-refractivity contribution is 0.128. The zero-order valence-corrected chi connectivity index (χ0v) is 12.9. The van der Waals surface area contributed by atoms with E-state index in [-0.39, 0.29) is 0 Å². The van der Waals surface area contributed by atoms with Gasteiger partial charge in [0.05, 0.1) is 0 Å². The molecule has 1 heterocycles. The number of nitrogens with two attached hydrogens (primary N) is 1. The first-order valence-electron chi connectivity index (χ1n) is 5.82. The molecule has 19 heavy (non-hydrogen) atoms. The summed E-state index contributed by atoms with van der Waals surface area (Å²) in [5.41, 5.74) is 5.78. The monoisotopic (exact) mass is 339 g/mol. The lowest BCUT2D eigenvalue weighted by Gasteiger charge is -2.06. The quantitative estimate of drug-likeness (QED) is 0.844. The Kier molecular flexibility index (Phi) is 5.18. The molecule has 0 amide bonds. The Hall–Kier alpha value is -1.11. The van der Waals surface area contributed by atoms with Crippen molar-refractivity contribution in [1.82, 2.24) is 9.97 Å². The molecule has 100 valence electrons. The lowest BCUT2D eigenvalue weighted by atomic mass is 10.4. The van der Waals surface area contributed by atoms with E-state index in [9.17, 15) is 0 Å². The van der Waals surface area contributed by atoms with Gasteiger partial charge in [-0.3, -0.25) is 0 Å². The summed E-state index contributed by atoms with van der Waals surface area (Å²) in [4.78, 5) is 9.67. The van der Waals surface area contributed by atoms with Crippen LogP contribution in [0.1, 0.15) is 12.7 Å². The molecule has 0 aliphatic rings. The molecular weight excluding hydrogens is 326 g/mol. The van der Waals surface area contributed by atoms with Crippen LogP contribution in [-0.4, -0.2) is 16.6 Å². The van der Waals surface area contributed by atoms with Crippen LogP contribution in [0.15, 0.2) is 44.7 Å². The van der Waals surface area contributed by atoms with Crippen LogP contribution in [0.4, 0.5) is 5.82 Å². The number of benzene rings is 1. The van der Waals surface area contributed by atoms with Gasteiger partial charge in [-0.2, -0.15) is 0 Å². The van der Waals surface area contributed by atoms with Crippen LogP contribution in [-0.2, 0) is 11.3 Å². The van der Waals surface area contributed by atoms with Crippen LogP contribution < -0.4 is 5.73 Å². The van der Waals surface area contributed by atoms with Crippen LogP contribution in [0.5, 0.6) is 0 Å². The Bertz CT molecular complexity index is 548. The molecule has 2 N–H and O–H groups in total. The number of ether oxygens (including phenoxy) is 1. The smallest absolute Gasteiger partial charge is 0.157 e. The zero-order chi connectivity index (χ0) is 13.7. The maximum atomic E-state index is 5.78. The van der Waals surface area contributed by atoms with Crippen molar-refractivity contribution in [3.63, 3.8) is 0 Å². The summed E-state index contributed by atoms with van der Waals surface area (Å²) in [6, 6.07) is 9.80. The van der Waals surface area contributed by atoms with E-state index in [2.05, 4.69) is 25.9 Å². The zero-order valence-electron chi connectivity index (χ0n) is 10.5. The van der Waals surface area contributed by atoms with E-state index >= 15 is 0 Å². The van der Waals surface area contributed by atoms with Crippen molar-refractivity contribution in [3.05, 3.63) is 40.6 Å². The first-order valence-corrected chi connectivity index (χ1v) is 7.43. The molecule has 0 saturated carbocycles. The highest BCUT2D eigenvalue weighted by atomic mass is 79.9. The molecule has 1 aromatic carbocycles. The van der Waals surface area contributed by atoms with Gasteiger partial charge in [0, 0.05) is 22.0 Å². The van der Waals surface area contributed by atoms with Crippen molar-refractivity contribution in [1.29, 1.82) is 0 Å². The normalized spacial score (nSPS) is 10.6. The third-order valence-corrected chi connectivity index (χ3v) is 3.69. The molecular formula is C13H14BrN3OS. The molecule has 2 aromatic rings. The predicted octanol–water partition coefficient (Wildman–Crippen LogP) is 3.51. The first kappa shape index (κ1) is 14.3. The van der Waals surface area contributed by atoms with Gasteiger partial charge in [0.15, 0.2) is 5.82 Å². The average Bonchev–Trinajstić information content (AvgIpc) is 2.38. The summed E-state index contributed by atoms with van der Waals surface area (Å²) >= 11 is 4.96. The van der Waals surface area contributed by atoms with E-state index in [0.717, 1.165) is 14.4 Å². The summed E-state index contributed by atoms with van der Waals surface area (Å²) in [6.07, 6.45) is 0. The molecule has 0 atom stereocenters. The second-order valence-corrected chi connectivity index (χ2v) is 5.75. The predicted molar refractivity (Wildman–Crippen MR) is 80.0 cm³/mol. The Morgan fingerprint density at radius 1 is 1.26 bits per heavy atom. The Morgan fingerprint density at radius 2 is 2.00 bits per heavy atom. The third-order valence-electron chi connectivity index (χ3n) is 2.24. The number of anilines is 1. The number of nitrogens with zero attached hydrogens (tertiary/aromatic N) is 2. The van der Waals surface area contributed by atoms with Gasteiger partial charge in [-0.1, -0.05) is 27.7 Å². The number of hydrogen-bond donors (Lipinski definition) is 1. The Balaban J connectivity index is 2.15. The number of rotatable bonds is 5. The molecule has 0 aliphatic carbocycles. The Labute approximate surface area is 124 Å². The highest BCUT2D eigenvalue weighted by Gasteiger charge is 2.05. The highest BCUT2D eigenvalue weighted by Crippen LogP contribution is 2.28. The van der Waals surface area contributed by atoms with Crippen molar-refractivity contribution in [3.8, 4) is 0 Å². The van der Waals surface area contributed by atoms with E-state index in [0.29, 0.717) is 24.9 Å². The standard InChI is InChI=1S/C13H14BrN3OS/c1-2-18-8-12-16-11(15)7-13(17-12)19-10-5-3-9(14)4-6-10/h3-7H,2,8H2,1H3,(H2,15,16,17). The van der Waals surface area contributed by atoms with Crippen LogP contribution in [0.3, 0.4) is 0 Å². The van der Waals surface area contributed by atoms with Gasteiger partial charge in [0.25, 0.3) is 0 Å². The molecule has 0 bridgehead atoms. The number of halogens is 1. The fraction of sp³-hybridized carbons (Fsp3) is 0.231. The lowest BCUT2D eigenvalue weighted by Crippen LogP contribution is -2.03. The van der Waals surface area contributed by atoms with E-state index in [1.165, 1.54) is 0 Å². The highest BCUT2D eigenvalue weighted by molar-refractivity contribution is 9.10. The number of hydrogen-bond acceptors (Lipinski definition) is 5. The molecule has 0 fully saturated rings. The van der Waals surface area contributed by atoms with Crippen molar-refractivity contribution < 1.29 is 4.74 Å². The molecule has 0 spiro atoms. The van der Waals surface area contributed by atoms with Crippen molar-refractivity contribution in [2.75, 3.05) is 12.3 Å². The second kappa shape index (κ2) is 6.88. The number of nitrogen functional groups attached to an aromatic ring is 1. The SMILES string of the molecule is CCOCc1nc(N)cc(Sc2ccc(Br)cc2)n1. The second-order valence-electron chi connectivity index (χ2n) is 3.74. The van der Waals surface area contributed by atoms with Crippen LogP contribution in [0.2, 0.25) is 0 Å². The van der Waals surface area contributed by atoms with Crippen molar-refractivity contribution in [2.45, 2.75) is 23.5 Å². The summed E-state index contributed by atoms with van der Waals surface area (Å²) in [5.74, 6) is 1.07. The summed E-state index contributed by atoms with van der Waals surface area (Å²) in [5, 5.41) is 0.824. The van der Waals surface area contributed by atoms with E-state index < -0.39 is 0 Å². The topological polar surface area (TPSA) is 61.0 Å². The van der Waals surface area contributed by atoms with Crippen LogP contribution in [0, 0.1) is 0 Å². The summed E-state index contributed by atoms with van der Waals surface area (Å²) < 4.78 is 6.35. The largest absolute Gasteiger partial charge is 0.384 e. The minimum Gasteiger partial charge on any atom is -0.384 e. The summed E-state index contributed by atoms with van der Waals surface area (Å²) in [6.45, 7) is 2.95. The maximum Gasteiger partial charge on any atom is 0.157 e. The fourth-order valence-corrected chi connectivity index (χ4v) is 2.53. The van der Waals surface area contributed by atoms with E-state index in [1.807, 2.05) is 31.2 Å². The van der Waals surface area contributed by atoms with Crippen LogP contribution >= 0.6 is 27.7 Å². The van der Waals surface area contributed by atoms with Crippen molar-refractivity contribution >= 4 is 33.5 Å². The molecule has 2 rings (SSSR count). The van der Waals surface area contributed by atoms with Gasteiger partial charge in [0.1, 0.15) is 17.5 Å². The minimum absolute atomic E-state index is 0.384. The molecule has 0 unspecified atom stereocenters. The third kappa shape index (κ3) is 4.49.